The molecule has 1 aromatic carbocycles. The molecule has 0 heterocycles. The van der Waals surface area contributed by atoms with Crippen LogP contribution in [-0.4, -0.2) is 20.8 Å². The Labute approximate surface area is 97.4 Å². The highest BCUT2D eigenvalue weighted by atomic mass is 32.2. The van der Waals surface area contributed by atoms with Crippen LogP contribution in [0.4, 0.5) is 13.2 Å². The fourth-order valence-corrected chi connectivity index (χ4v) is 1.96. The van der Waals surface area contributed by atoms with Gasteiger partial charge in [-0.05, 0) is 17.7 Å². The van der Waals surface area contributed by atoms with Crippen LogP contribution in [0.15, 0.2) is 29.2 Å². The molecule has 0 saturated heterocycles. The van der Waals surface area contributed by atoms with Gasteiger partial charge in [0.2, 0.25) is 0 Å². The molecule has 1 atom stereocenters. The van der Waals surface area contributed by atoms with Crippen molar-refractivity contribution in [3.8, 4) is 0 Å². The van der Waals surface area contributed by atoms with Crippen molar-refractivity contribution in [2.75, 3.05) is 6.26 Å². The predicted molar refractivity (Wildman–Crippen MR) is 57.2 cm³/mol. The summed E-state index contributed by atoms with van der Waals surface area (Å²) in [5.74, 6) is 0. The Morgan fingerprint density at radius 1 is 1.24 bits per heavy atom. The van der Waals surface area contributed by atoms with Crippen LogP contribution in [0, 0.1) is 0 Å². The molecular weight excluding hydrogens is 255 g/mol. The summed E-state index contributed by atoms with van der Waals surface area (Å²) in [6.07, 6.45) is -4.45. The Balaban J connectivity index is 2.88. The molecule has 0 spiro atoms. The molecule has 0 aliphatic rings. The molecule has 0 radical (unpaired) electrons. The van der Waals surface area contributed by atoms with Gasteiger partial charge in [0.15, 0.2) is 9.84 Å². The van der Waals surface area contributed by atoms with Crippen LogP contribution < -0.4 is 5.73 Å². The topological polar surface area (TPSA) is 60.2 Å². The van der Waals surface area contributed by atoms with Crippen LogP contribution in [0.5, 0.6) is 0 Å². The van der Waals surface area contributed by atoms with Crippen molar-refractivity contribution in [3.63, 3.8) is 0 Å². The number of alkyl halides is 3. The first kappa shape index (κ1) is 14.0. The van der Waals surface area contributed by atoms with Gasteiger partial charge < -0.3 is 5.73 Å². The molecule has 0 aliphatic heterocycles. The summed E-state index contributed by atoms with van der Waals surface area (Å²) < 4.78 is 58.5. The van der Waals surface area contributed by atoms with E-state index >= 15 is 0 Å². The number of hydrogen-bond donors (Lipinski definition) is 1. The molecule has 0 saturated carbocycles. The quantitative estimate of drug-likeness (QED) is 0.911. The molecule has 7 heteroatoms. The SMILES string of the molecule is CS(=O)(=O)c1ccc([C@@H](N)CC(F)(F)F)cc1. The van der Waals surface area contributed by atoms with E-state index in [0.717, 1.165) is 6.26 Å². The third-order valence-corrected chi connectivity index (χ3v) is 3.32. The molecule has 0 bridgehead atoms. The van der Waals surface area contributed by atoms with Gasteiger partial charge in [0, 0.05) is 12.3 Å². The van der Waals surface area contributed by atoms with Crippen molar-refractivity contribution in [2.45, 2.75) is 23.5 Å². The van der Waals surface area contributed by atoms with E-state index in [1.54, 1.807) is 0 Å². The first-order chi connectivity index (χ1) is 7.59. The van der Waals surface area contributed by atoms with Crippen LogP contribution >= 0.6 is 0 Å². The van der Waals surface area contributed by atoms with Crippen molar-refractivity contribution < 1.29 is 21.6 Å². The number of halogens is 3. The largest absolute Gasteiger partial charge is 0.390 e. The van der Waals surface area contributed by atoms with Crippen LogP contribution in [0.2, 0.25) is 0 Å². The molecule has 0 fully saturated rings. The maximum atomic E-state index is 12.1. The summed E-state index contributed by atoms with van der Waals surface area (Å²) in [6.45, 7) is 0. The zero-order chi connectivity index (χ0) is 13.3. The third kappa shape index (κ3) is 4.35. The Bertz CT molecular complexity index is 479. The van der Waals surface area contributed by atoms with Crippen LogP contribution in [0.1, 0.15) is 18.0 Å². The predicted octanol–water partition coefficient (Wildman–Crippen LogP) is 2.04. The Morgan fingerprint density at radius 2 is 1.71 bits per heavy atom. The van der Waals surface area contributed by atoms with Gasteiger partial charge in [-0.1, -0.05) is 12.1 Å². The number of nitrogens with two attached hydrogens (primary N) is 1. The Kier molecular flexibility index (Phi) is 3.83. The van der Waals surface area contributed by atoms with Crippen LogP contribution in [0.3, 0.4) is 0 Å². The fourth-order valence-electron chi connectivity index (χ4n) is 1.33. The second kappa shape index (κ2) is 4.66. The van der Waals surface area contributed by atoms with Crippen molar-refractivity contribution in [2.24, 2.45) is 5.73 Å². The highest BCUT2D eigenvalue weighted by Crippen LogP contribution is 2.28. The molecule has 0 unspecified atom stereocenters. The lowest BCUT2D eigenvalue weighted by Crippen LogP contribution is -2.20. The second-order valence-corrected chi connectivity index (χ2v) is 5.78. The van der Waals surface area contributed by atoms with Crippen LogP contribution in [-0.2, 0) is 9.84 Å². The normalized spacial score (nSPS) is 14.6. The molecule has 0 aromatic heterocycles. The first-order valence-corrected chi connectivity index (χ1v) is 6.61. The summed E-state index contributed by atoms with van der Waals surface area (Å²) in [5.41, 5.74) is 5.63. The second-order valence-electron chi connectivity index (χ2n) is 3.77. The lowest BCUT2D eigenvalue weighted by Gasteiger charge is -2.14. The number of benzene rings is 1. The average Bonchev–Trinajstić information content (AvgIpc) is 2.14. The van der Waals surface area contributed by atoms with E-state index in [2.05, 4.69) is 0 Å². The Hall–Kier alpha value is -1.08. The fraction of sp³-hybridized carbons (Fsp3) is 0.400. The average molecular weight is 267 g/mol. The Morgan fingerprint density at radius 3 is 2.06 bits per heavy atom. The maximum Gasteiger partial charge on any atom is 0.390 e. The summed E-state index contributed by atoms with van der Waals surface area (Å²) >= 11 is 0. The van der Waals surface area contributed by atoms with Crippen molar-refractivity contribution in [3.05, 3.63) is 29.8 Å². The van der Waals surface area contributed by atoms with E-state index in [9.17, 15) is 21.6 Å². The summed E-state index contributed by atoms with van der Waals surface area (Å²) in [7, 11) is -3.34. The van der Waals surface area contributed by atoms with E-state index in [0.29, 0.717) is 0 Å². The number of rotatable bonds is 3. The van der Waals surface area contributed by atoms with E-state index in [-0.39, 0.29) is 10.5 Å². The minimum atomic E-state index is -4.34. The van der Waals surface area contributed by atoms with Gasteiger partial charge >= 0.3 is 6.18 Å². The van der Waals surface area contributed by atoms with Crippen molar-refractivity contribution in [1.29, 1.82) is 0 Å². The number of hydrogen-bond acceptors (Lipinski definition) is 3. The standard InChI is InChI=1S/C10H12F3NO2S/c1-17(15,16)8-4-2-7(3-5-8)9(14)6-10(11,12)13/h2-5,9H,6,14H2,1H3/t9-/m0/s1. The molecule has 1 aromatic rings. The molecule has 17 heavy (non-hydrogen) atoms. The van der Waals surface area contributed by atoms with Crippen LogP contribution in [0.25, 0.3) is 0 Å². The monoisotopic (exact) mass is 267 g/mol. The minimum Gasteiger partial charge on any atom is -0.324 e. The molecular formula is C10H12F3NO2S. The van der Waals surface area contributed by atoms with Gasteiger partial charge in [-0.3, -0.25) is 0 Å². The van der Waals surface area contributed by atoms with Gasteiger partial charge in [0.25, 0.3) is 0 Å². The molecule has 0 amide bonds. The van der Waals surface area contributed by atoms with E-state index in [1.165, 1.54) is 24.3 Å². The molecule has 0 aliphatic carbocycles. The lowest BCUT2D eigenvalue weighted by atomic mass is 10.0. The molecule has 1 rings (SSSR count). The van der Waals surface area contributed by atoms with E-state index in [4.69, 9.17) is 5.73 Å². The molecule has 2 N–H and O–H groups in total. The smallest absolute Gasteiger partial charge is 0.324 e. The first-order valence-electron chi connectivity index (χ1n) is 4.72. The summed E-state index contributed by atoms with van der Waals surface area (Å²) in [4.78, 5) is 0.0560. The minimum absolute atomic E-state index is 0.0560. The van der Waals surface area contributed by atoms with Gasteiger partial charge in [0.1, 0.15) is 0 Å². The lowest BCUT2D eigenvalue weighted by molar-refractivity contribution is -0.138. The van der Waals surface area contributed by atoms with E-state index < -0.39 is 28.5 Å². The van der Waals surface area contributed by atoms with E-state index in [1.807, 2.05) is 0 Å². The van der Waals surface area contributed by atoms with Gasteiger partial charge in [-0.25, -0.2) is 8.42 Å². The molecule has 96 valence electrons. The highest BCUT2D eigenvalue weighted by molar-refractivity contribution is 7.90. The van der Waals surface area contributed by atoms with Crippen molar-refractivity contribution in [1.82, 2.24) is 0 Å². The maximum absolute atomic E-state index is 12.1. The van der Waals surface area contributed by atoms with Gasteiger partial charge in [-0.2, -0.15) is 13.2 Å². The van der Waals surface area contributed by atoms with Crippen molar-refractivity contribution >= 4 is 9.84 Å². The summed E-state index contributed by atoms with van der Waals surface area (Å²) in [6, 6.07) is 3.92. The zero-order valence-electron chi connectivity index (χ0n) is 9.03. The molecule has 3 nitrogen and oxygen atoms in total. The third-order valence-electron chi connectivity index (χ3n) is 2.19. The highest BCUT2D eigenvalue weighted by Gasteiger charge is 2.30. The zero-order valence-corrected chi connectivity index (χ0v) is 9.85. The summed E-state index contributed by atoms with van der Waals surface area (Å²) in [5, 5.41) is 0. The number of sulfone groups is 1. The van der Waals surface area contributed by atoms with Gasteiger partial charge in [-0.15, -0.1) is 0 Å². The van der Waals surface area contributed by atoms with Gasteiger partial charge in [0.05, 0.1) is 11.3 Å².